The molecule has 5 heteroatoms. The third-order valence-corrected chi connectivity index (χ3v) is 1.78. The molecular formula is C7H10BO3P. The third kappa shape index (κ3) is 2.21. The first-order chi connectivity index (χ1) is 5.63. The van der Waals surface area contributed by atoms with Crippen molar-refractivity contribution in [2.75, 3.05) is 0 Å². The molecule has 0 aliphatic carbocycles. The molecule has 3 nitrogen and oxygen atoms in total. The van der Waals surface area contributed by atoms with Gasteiger partial charge in [-0.1, -0.05) is 6.07 Å². The molecule has 12 heavy (non-hydrogen) atoms. The lowest BCUT2D eigenvalue weighted by atomic mass is 9.79. The lowest BCUT2D eigenvalue weighted by Crippen LogP contribution is -2.29. The van der Waals surface area contributed by atoms with E-state index in [2.05, 4.69) is 9.47 Å². The van der Waals surface area contributed by atoms with E-state index < -0.39 is 7.12 Å². The summed E-state index contributed by atoms with van der Waals surface area (Å²) in [6.45, 7) is 1.86. The van der Waals surface area contributed by atoms with E-state index >= 15 is 0 Å². The van der Waals surface area contributed by atoms with Crippen molar-refractivity contribution in [2.45, 2.75) is 6.92 Å². The Morgan fingerprint density at radius 2 is 2.00 bits per heavy atom. The van der Waals surface area contributed by atoms with Gasteiger partial charge >= 0.3 is 7.12 Å². The number of hydrogen-bond donors (Lipinski definition) is 2. The SMILES string of the molecule is Cc1cc(OP)cc(B(O)O)c1. The zero-order valence-corrected chi connectivity index (χ0v) is 7.84. The molecule has 0 fully saturated rings. The van der Waals surface area contributed by atoms with Crippen LogP contribution in [0.5, 0.6) is 5.75 Å². The van der Waals surface area contributed by atoms with E-state index in [0.29, 0.717) is 11.2 Å². The number of hydrogen-bond acceptors (Lipinski definition) is 3. The third-order valence-electron chi connectivity index (χ3n) is 1.51. The monoisotopic (exact) mass is 184 g/mol. The van der Waals surface area contributed by atoms with Crippen molar-refractivity contribution in [1.29, 1.82) is 0 Å². The van der Waals surface area contributed by atoms with Gasteiger partial charge in [0.25, 0.3) is 0 Å². The van der Waals surface area contributed by atoms with Crippen molar-refractivity contribution >= 4 is 22.0 Å². The molecule has 0 saturated heterocycles. The van der Waals surface area contributed by atoms with Crippen LogP contribution in [0.3, 0.4) is 0 Å². The Labute approximate surface area is 73.8 Å². The standard InChI is InChI=1S/C7H10BO3P/c1-5-2-6(8(9)10)4-7(3-5)11-12/h2-4,9-10H,12H2,1H3. The van der Waals surface area contributed by atoms with E-state index in [1.54, 1.807) is 18.2 Å². The summed E-state index contributed by atoms with van der Waals surface area (Å²) in [6, 6.07) is 5.07. The second-order valence-electron chi connectivity index (χ2n) is 2.57. The molecule has 0 saturated carbocycles. The second-order valence-corrected chi connectivity index (χ2v) is 2.81. The first-order valence-corrected chi connectivity index (χ1v) is 3.95. The summed E-state index contributed by atoms with van der Waals surface area (Å²) in [4.78, 5) is 0. The Morgan fingerprint density at radius 3 is 2.50 bits per heavy atom. The summed E-state index contributed by atoms with van der Waals surface area (Å²) >= 11 is 0. The Balaban J connectivity index is 3.06. The van der Waals surface area contributed by atoms with Crippen LogP contribution in [0.15, 0.2) is 18.2 Å². The number of aryl methyl sites for hydroxylation is 1. The molecule has 2 N–H and O–H groups in total. The molecule has 0 radical (unpaired) electrons. The fraction of sp³-hybridized carbons (Fsp3) is 0.143. The smallest absolute Gasteiger partial charge is 0.480 e. The fourth-order valence-corrected chi connectivity index (χ4v) is 1.13. The van der Waals surface area contributed by atoms with Crippen LogP contribution in [0.1, 0.15) is 5.56 Å². The second kappa shape index (κ2) is 3.90. The minimum atomic E-state index is -1.44. The van der Waals surface area contributed by atoms with Gasteiger partial charge in [0.1, 0.15) is 5.75 Å². The number of rotatable bonds is 2. The van der Waals surface area contributed by atoms with E-state index in [1.807, 2.05) is 6.92 Å². The lowest BCUT2D eigenvalue weighted by Gasteiger charge is -2.04. The average Bonchev–Trinajstić information content (AvgIpc) is 2.03. The van der Waals surface area contributed by atoms with Gasteiger partial charge in [0.2, 0.25) is 0 Å². The average molecular weight is 184 g/mol. The molecule has 1 unspecified atom stereocenters. The predicted octanol–water partition coefficient (Wildman–Crippen LogP) is -0.156. The van der Waals surface area contributed by atoms with E-state index in [4.69, 9.17) is 14.6 Å². The molecule has 1 aromatic rings. The predicted molar refractivity (Wildman–Crippen MR) is 51.3 cm³/mol. The highest BCUT2D eigenvalue weighted by Crippen LogP contribution is 2.13. The van der Waals surface area contributed by atoms with Crippen LogP contribution in [-0.4, -0.2) is 17.2 Å². The highest BCUT2D eigenvalue weighted by atomic mass is 31.0. The van der Waals surface area contributed by atoms with E-state index in [1.165, 1.54) is 0 Å². The van der Waals surface area contributed by atoms with Crippen molar-refractivity contribution in [3.05, 3.63) is 23.8 Å². The van der Waals surface area contributed by atoms with Gasteiger partial charge in [0.15, 0.2) is 0 Å². The van der Waals surface area contributed by atoms with Gasteiger partial charge in [-0.3, -0.25) is 0 Å². The molecule has 0 spiro atoms. The van der Waals surface area contributed by atoms with E-state index in [-0.39, 0.29) is 0 Å². The van der Waals surface area contributed by atoms with E-state index in [0.717, 1.165) is 5.56 Å². The number of benzene rings is 1. The summed E-state index contributed by atoms with van der Waals surface area (Å²) in [5, 5.41) is 17.7. The van der Waals surface area contributed by atoms with Crippen LogP contribution in [0.25, 0.3) is 0 Å². The van der Waals surface area contributed by atoms with Gasteiger partial charge in [-0.25, -0.2) is 0 Å². The Morgan fingerprint density at radius 1 is 1.33 bits per heavy atom. The van der Waals surface area contributed by atoms with E-state index in [9.17, 15) is 0 Å². The van der Waals surface area contributed by atoms with Crippen molar-refractivity contribution in [3.63, 3.8) is 0 Å². The Hall–Kier alpha value is -0.565. The maximum atomic E-state index is 8.86. The summed E-state index contributed by atoms with van der Waals surface area (Å²) in [5.41, 5.74) is 1.37. The van der Waals surface area contributed by atoms with Crippen LogP contribution < -0.4 is 9.99 Å². The molecule has 0 bridgehead atoms. The molecule has 64 valence electrons. The largest absolute Gasteiger partial charge is 0.488 e. The molecule has 1 aromatic carbocycles. The normalized spacial score (nSPS) is 9.67. The highest BCUT2D eigenvalue weighted by Gasteiger charge is 2.11. The molecule has 1 rings (SSSR count). The summed E-state index contributed by atoms with van der Waals surface area (Å²) in [6.07, 6.45) is 0. The first-order valence-electron chi connectivity index (χ1n) is 3.48. The molecule has 0 heterocycles. The van der Waals surface area contributed by atoms with Gasteiger partial charge < -0.3 is 14.6 Å². The van der Waals surface area contributed by atoms with Gasteiger partial charge in [-0.2, -0.15) is 0 Å². The zero-order chi connectivity index (χ0) is 9.14. The van der Waals surface area contributed by atoms with Crippen LogP contribution in [-0.2, 0) is 0 Å². The van der Waals surface area contributed by atoms with Crippen LogP contribution >= 0.6 is 9.47 Å². The summed E-state index contributed by atoms with van der Waals surface area (Å²) in [7, 11) is 0.666. The molecule has 0 aliphatic rings. The van der Waals surface area contributed by atoms with Crippen molar-refractivity contribution in [3.8, 4) is 5.75 Å². The summed E-state index contributed by atoms with van der Waals surface area (Å²) < 4.78 is 4.88. The first kappa shape index (κ1) is 9.52. The van der Waals surface area contributed by atoms with Crippen molar-refractivity contribution < 1.29 is 14.6 Å². The van der Waals surface area contributed by atoms with Gasteiger partial charge in [0.05, 0.1) is 9.47 Å². The van der Waals surface area contributed by atoms with Gasteiger partial charge in [-0.15, -0.1) is 0 Å². The maximum absolute atomic E-state index is 8.86. The minimum absolute atomic E-state index is 0.437. The topological polar surface area (TPSA) is 49.7 Å². The maximum Gasteiger partial charge on any atom is 0.488 e. The van der Waals surface area contributed by atoms with Crippen LogP contribution in [0.4, 0.5) is 0 Å². The van der Waals surface area contributed by atoms with Crippen LogP contribution in [0.2, 0.25) is 0 Å². The molecular weight excluding hydrogens is 174 g/mol. The Bertz CT molecular complexity index is 277. The van der Waals surface area contributed by atoms with Crippen LogP contribution in [0, 0.1) is 6.92 Å². The Kier molecular flexibility index (Phi) is 3.09. The quantitative estimate of drug-likeness (QED) is 0.496. The van der Waals surface area contributed by atoms with Crippen molar-refractivity contribution in [1.82, 2.24) is 0 Å². The summed E-state index contributed by atoms with van der Waals surface area (Å²) in [5.74, 6) is 0.600. The minimum Gasteiger partial charge on any atom is -0.480 e. The molecule has 0 aliphatic heterocycles. The molecule has 0 amide bonds. The van der Waals surface area contributed by atoms with Crippen molar-refractivity contribution in [2.24, 2.45) is 0 Å². The molecule has 1 atom stereocenters. The van der Waals surface area contributed by atoms with Gasteiger partial charge in [0, 0.05) is 0 Å². The van der Waals surface area contributed by atoms with Gasteiger partial charge in [-0.05, 0) is 30.1 Å². The highest BCUT2D eigenvalue weighted by molar-refractivity contribution is 7.10. The fourth-order valence-electron chi connectivity index (χ4n) is 0.994. The molecule has 0 aromatic heterocycles. The zero-order valence-electron chi connectivity index (χ0n) is 6.69. The lowest BCUT2D eigenvalue weighted by molar-refractivity contribution is 0.425.